The molecule has 1 amide bonds. The molecule has 0 radical (unpaired) electrons. The van der Waals surface area contributed by atoms with Crippen molar-refractivity contribution in [1.82, 2.24) is 9.88 Å². The van der Waals surface area contributed by atoms with Gasteiger partial charge in [0.05, 0.1) is 11.9 Å². The third-order valence-corrected chi connectivity index (χ3v) is 5.07. The summed E-state index contributed by atoms with van der Waals surface area (Å²) in [6.07, 6.45) is 2.61. The first-order valence-electron chi connectivity index (χ1n) is 9.47. The maximum atomic E-state index is 12.8. The van der Waals surface area contributed by atoms with Gasteiger partial charge < -0.3 is 15.1 Å². The van der Waals surface area contributed by atoms with Gasteiger partial charge in [-0.15, -0.1) is 0 Å². The molecule has 0 fully saturated rings. The molecular formula is C23H24N4O. The van der Waals surface area contributed by atoms with E-state index in [1.807, 2.05) is 43.3 Å². The van der Waals surface area contributed by atoms with Crippen LogP contribution in [0.2, 0.25) is 0 Å². The van der Waals surface area contributed by atoms with Crippen molar-refractivity contribution in [1.29, 1.82) is 0 Å². The summed E-state index contributed by atoms with van der Waals surface area (Å²) in [5, 5.41) is 3.32. The first-order valence-corrected chi connectivity index (χ1v) is 9.47. The number of carbonyl (C=O) groups is 1. The molecule has 0 atom stereocenters. The molecule has 1 N–H and O–H groups in total. The molecule has 0 aliphatic carbocycles. The second kappa shape index (κ2) is 7.72. The van der Waals surface area contributed by atoms with Crippen molar-refractivity contribution in [2.24, 2.45) is 0 Å². The van der Waals surface area contributed by atoms with Crippen molar-refractivity contribution < 1.29 is 4.79 Å². The molecular weight excluding hydrogens is 348 g/mol. The molecule has 0 saturated heterocycles. The molecule has 2 aromatic carbocycles. The number of hydrogen-bond acceptors (Lipinski definition) is 4. The van der Waals surface area contributed by atoms with Gasteiger partial charge in [0.15, 0.2) is 0 Å². The molecule has 0 saturated carbocycles. The largest absolute Gasteiger partial charge is 0.378 e. The van der Waals surface area contributed by atoms with E-state index < -0.39 is 0 Å². The average molecular weight is 372 g/mol. The van der Waals surface area contributed by atoms with Crippen LogP contribution < -0.4 is 10.2 Å². The summed E-state index contributed by atoms with van der Waals surface area (Å²) in [5.74, 6) is -0.0172. The SMILES string of the molecule is CN(C)c1ccc(Nc2ccc(C(=O)N3CCc4ccccc4C3)nc2)cc1. The van der Waals surface area contributed by atoms with Gasteiger partial charge in [-0.3, -0.25) is 4.79 Å². The van der Waals surface area contributed by atoms with Crippen LogP contribution in [0.5, 0.6) is 0 Å². The molecule has 5 nitrogen and oxygen atoms in total. The molecule has 1 aliphatic heterocycles. The highest BCUT2D eigenvalue weighted by Gasteiger charge is 2.22. The summed E-state index contributed by atoms with van der Waals surface area (Å²) in [5.41, 5.74) is 6.03. The zero-order valence-electron chi connectivity index (χ0n) is 16.2. The van der Waals surface area contributed by atoms with Crippen LogP contribution in [-0.2, 0) is 13.0 Å². The molecule has 1 aliphatic rings. The molecule has 28 heavy (non-hydrogen) atoms. The summed E-state index contributed by atoms with van der Waals surface area (Å²) in [4.78, 5) is 21.1. The Labute approximate surface area is 165 Å². The van der Waals surface area contributed by atoms with E-state index in [4.69, 9.17) is 0 Å². The average Bonchev–Trinajstić information content (AvgIpc) is 2.74. The highest BCUT2D eigenvalue weighted by molar-refractivity contribution is 5.92. The van der Waals surface area contributed by atoms with Crippen LogP contribution >= 0.6 is 0 Å². The fourth-order valence-corrected chi connectivity index (χ4v) is 3.43. The van der Waals surface area contributed by atoms with Gasteiger partial charge in [0.25, 0.3) is 5.91 Å². The van der Waals surface area contributed by atoms with Crippen LogP contribution in [0.1, 0.15) is 21.6 Å². The second-order valence-corrected chi connectivity index (χ2v) is 7.24. The topological polar surface area (TPSA) is 48.5 Å². The maximum Gasteiger partial charge on any atom is 0.272 e. The first-order chi connectivity index (χ1) is 13.6. The molecule has 0 bridgehead atoms. The zero-order chi connectivity index (χ0) is 19.5. The summed E-state index contributed by atoms with van der Waals surface area (Å²) in [6.45, 7) is 1.38. The number of aromatic nitrogens is 1. The van der Waals surface area contributed by atoms with E-state index in [-0.39, 0.29) is 5.91 Å². The van der Waals surface area contributed by atoms with Crippen molar-refractivity contribution in [2.45, 2.75) is 13.0 Å². The van der Waals surface area contributed by atoms with Crippen molar-refractivity contribution >= 4 is 23.0 Å². The number of fused-ring (bicyclic) bond motifs is 1. The fraction of sp³-hybridized carbons (Fsp3) is 0.217. The van der Waals surface area contributed by atoms with E-state index in [1.54, 1.807) is 12.3 Å². The summed E-state index contributed by atoms with van der Waals surface area (Å²) in [7, 11) is 4.03. The Morgan fingerprint density at radius 3 is 2.36 bits per heavy atom. The first kappa shape index (κ1) is 18.0. The number of nitrogens with zero attached hydrogens (tertiary/aromatic N) is 3. The van der Waals surface area contributed by atoms with Gasteiger partial charge in [0.1, 0.15) is 5.69 Å². The zero-order valence-corrected chi connectivity index (χ0v) is 16.2. The van der Waals surface area contributed by atoms with E-state index in [9.17, 15) is 4.79 Å². The monoisotopic (exact) mass is 372 g/mol. The lowest BCUT2D eigenvalue weighted by molar-refractivity contribution is 0.0729. The minimum atomic E-state index is -0.0172. The summed E-state index contributed by atoms with van der Waals surface area (Å²) < 4.78 is 0. The fourth-order valence-electron chi connectivity index (χ4n) is 3.43. The lowest BCUT2D eigenvalue weighted by Gasteiger charge is -2.28. The van der Waals surface area contributed by atoms with Crippen molar-refractivity contribution in [3.63, 3.8) is 0 Å². The molecule has 1 aromatic heterocycles. The standard InChI is InChI=1S/C23H24N4O/c1-26(2)21-10-7-19(8-11-21)25-20-9-12-22(24-15-20)23(28)27-14-13-17-5-3-4-6-18(17)16-27/h3-12,15,25H,13-14,16H2,1-2H3. The molecule has 5 heteroatoms. The summed E-state index contributed by atoms with van der Waals surface area (Å²) in [6, 6.07) is 20.2. The minimum absolute atomic E-state index is 0.0172. The van der Waals surface area contributed by atoms with Crippen molar-refractivity contribution in [3.05, 3.63) is 83.7 Å². The molecule has 4 rings (SSSR count). The lowest BCUT2D eigenvalue weighted by Crippen LogP contribution is -2.36. The van der Waals surface area contributed by atoms with Crippen molar-refractivity contribution in [2.75, 3.05) is 30.9 Å². The van der Waals surface area contributed by atoms with Gasteiger partial charge in [-0.05, 0) is 53.9 Å². The number of pyridine rings is 1. The summed E-state index contributed by atoms with van der Waals surface area (Å²) >= 11 is 0. The van der Waals surface area contributed by atoms with Crippen molar-refractivity contribution in [3.8, 4) is 0 Å². The normalized spacial score (nSPS) is 13.0. The Bertz CT molecular complexity index is 965. The van der Waals surface area contributed by atoms with E-state index in [2.05, 4.69) is 45.5 Å². The van der Waals surface area contributed by atoms with Crippen LogP contribution in [-0.4, -0.2) is 36.4 Å². The Kier molecular flexibility index (Phi) is 4.98. The van der Waals surface area contributed by atoms with Crippen LogP contribution in [0.15, 0.2) is 66.9 Å². The number of amides is 1. The number of carbonyl (C=O) groups excluding carboxylic acids is 1. The predicted molar refractivity (Wildman–Crippen MR) is 113 cm³/mol. The van der Waals surface area contributed by atoms with Crippen LogP contribution in [0.4, 0.5) is 17.1 Å². The Balaban J connectivity index is 1.42. The van der Waals surface area contributed by atoms with Gasteiger partial charge >= 0.3 is 0 Å². The third-order valence-electron chi connectivity index (χ3n) is 5.07. The minimum Gasteiger partial charge on any atom is -0.378 e. The Morgan fingerprint density at radius 2 is 1.68 bits per heavy atom. The van der Waals surface area contributed by atoms with E-state index in [0.717, 1.165) is 30.0 Å². The molecule has 0 unspecified atom stereocenters. The van der Waals surface area contributed by atoms with Gasteiger partial charge in [0, 0.05) is 38.6 Å². The van der Waals surface area contributed by atoms with Crippen LogP contribution in [0.3, 0.4) is 0 Å². The number of benzene rings is 2. The Hall–Kier alpha value is -3.34. The Morgan fingerprint density at radius 1 is 0.964 bits per heavy atom. The van der Waals surface area contributed by atoms with E-state index >= 15 is 0 Å². The van der Waals surface area contributed by atoms with Gasteiger partial charge in [0.2, 0.25) is 0 Å². The van der Waals surface area contributed by atoms with Crippen LogP contribution in [0, 0.1) is 0 Å². The van der Waals surface area contributed by atoms with E-state index in [0.29, 0.717) is 12.2 Å². The number of nitrogens with one attached hydrogen (secondary N) is 1. The highest BCUT2D eigenvalue weighted by Crippen LogP contribution is 2.22. The number of anilines is 3. The quantitative estimate of drug-likeness (QED) is 0.749. The van der Waals surface area contributed by atoms with Crippen LogP contribution in [0.25, 0.3) is 0 Å². The number of hydrogen-bond donors (Lipinski definition) is 1. The van der Waals surface area contributed by atoms with E-state index in [1.165, 1.54) is 11.1 Å². The van der Waals surface area contributed by atoms with Gasteiger partial charge in [-0.25, -0.2) is 4.98 Å². The predicted octanol–water partition coefficient (Wildman–Crippen LogP) is 4.09. The smallest absolute Gasteiger partial charge is 0.272 e. The van der Waals surface area contributed by atoms with Gasteiger partial charge in [-0.1, -0.05) is 24.3 Å². The second-order valence-electron chi connectivity index (χ2n) is 7.24. The lowest BCUT2D eigenvalue weighted by atomic mass is 10.00. The molecule has 2 heterocycles. The molecule has 0 spiro atoms. The molecule has 142 valence electrons. The maximum absolute atomic E-state index is 12.8. The van der Waals surface area contributed by atoms with Gasteiger partial charge in [-0.2, -0.15) is 0 Å². The molecule has 3 aromatic rings. The highest BCUT2D eigenvalue weighted by atomic mass is 16.2. The third kappa shape index (κ3) is 3.83. The number of rotatable bonds is 4.